The highest BCUT2D eigenvalue weighted by Crippen LogP contribution is 2.27. The van der Waals surface area contributed by atoms with Gasteiger partial charge < -0.3 is 5.32 Å². The summed E-state index contributed by atoms with van der Waals surface area (Å²) in [4.78, 5) is 18.2. The number of hydrogen-bond donors (Lipinski definition) is 1. The van der Waals surface area contributed by atoms with E-state index in [4.69, 9.17) is 0 Å². The average molecular weight is 383 g/mol. The second-order valence-corrected chi connectivity index (χ2v) is 8.53. The van der Waals surface area contributed by atoms with Crippen molar-refractivity contribution in [3.05, 3.63) is 82.2 Å². The molecule has 1 N–H and O–H groups in total. The number of thiophene rings is 1. The molecule has 0 aliphatic heterocycles. The predicted octanol–water partition coefficient (Wildman–Crippen LogP) is 5.19. The number of benzene rings is 1. The third-order valence-corrected chi connectivity index (χ3v) is 6.08. The Kier molecular flexibility index (Phi) is 6.86. The van der Waals surface area contributed by atoms with Crippen LogP contribution in [-0.4, -0.2) is 16.1 Å². The highest BCUT2D eigenvalue weighted by molar-refractivity contribution is 7.99. The lowest BCUT2D eigenvalue weighted by Crippen LogP contribution is -2.23. The molecule has 1 aromatic carbocycles. The van der Waals surface area contributed by atoms with Crippen molar-refractivity contribution >= 4 is 29.0 Å². The van der Waals surface area contributed by atoms with Crippen molar-refractivity contribution in [2.75, 3.05) is 0 Å². The first-order valence-electron chi connectivity index (χ1n) is 8.68. The Morgan fingerprint density at radius 1 is 1.15 bits per heavy atom. The van der Waals surface area contributed by atoms with E-state index in [2.05, 4.69) is 41.5 Å². The number of aryl methyl sites for hydroxylation is 1. The van der Waals surface area contributed by atoms with E-state index in [1.807, 2.05) is 35.7 Å². The van der Waals surface area contributed by atoms with Gasteiger partial charge in [-0.15, -0.1) is 23.1 Å². The minimum Gasteiger partial charge on any atom is -0.347 e. The van der Waals surface area contributed by atoms with E-state index in [-0.39, 0.29) is 5.91 Å². The van der Waals surface area contributed by atoms with Crippen molar-refractivity contribution in [2.24, 2.45) is 0 Å². The van der Waals surface area contributed by atoms with Crippen LogP contribution in [0.2, 0.25) is 0 Å². The van der Waals surface area contributed by atoms with Gasteiger partial charge in [0.15, 0.2) is 0 Å². The number of nitrogens with zero attached hydrogens (tertiary/aromatic N) is 1. The van der Waals surface area contributed by atoms with E-state index in [0.717, 1.165) is 22.7 Å². The van der Waals surface area contributed by atoms with E-state index >= 15 is 0 Å². The lowest BCUT2D eigenvalue weighted by Gasteiger charge is -2.13. The zero-order valence-electron chi connectivity index (χ0n) is 14.7. The minimum absolute atomic E-state index is 0.0655. The number of hydrogen-bond acceptors (Lipinski definition) is 4. The van der Waals surface area contributed by atoms with Gasteiger partial charge >= 0.3 is 0 Å². The van der Waals surface area contributed by atoms with Gasteiger partial charge in [-0.2, -0.15) is 0 Å². The van der Waals surface area contributed by atoms with Crippen molar-refractivity contribution in [3.63, 3.8) is 0 Å². The number of amides is 1. The number of nitrogens with one attached hydrogen (secondary N) is 1. The lowest BCUT2D eigenvalue weighted by molar-refractivity contribution is 0.0947. The molecule has 0 saturated heterocycles. The van der Waals surface area contributed by atoms with Gasteiger partial charge in [-0.3, -0.25) is 4.79 Å². The van der Waals surface area contributed by atoms with Crippen LogP contribution in [-0.2, 0) is 13.0 Å². The molecule has 0 radical (unpaired) electrons. The van der Waals surface area contributed by atoms with Crippen LogP contribution in [0.25, 0.3) is 0 Å². The van der Waals surface area contributed by atoms with E-state index in [1.165, 1.54) is 5.56 Å². The second kappa shape index (κ2) is 9.55. The molecule has 0 bridgehead atoms. The number of aromatic nitrogens is 1. The summed E-state index contributed by atoms with van der Waals surface area (Å²) in [5.74, 6) is -0.0655. The first-order chi connectivity index (χ1) is 12.7. The fourth-order valence-electron chi connectivity index (χ4n) is 2.60. The van der Waals surface area contributed by atoms with Crippen molar-refractivity contribution in [1.29, 1.82) is 0 Å². The van der Waals surface area contributed by atoms with Crippen LogP contribution in [0.4, 0.5) is 0 Å². The zero-order valence-corrected chi connectivity index (χ0v) is 16.4. The van der Waals surface area contributed by atoms with Crippen molar-refractivity contribution in [2.45, 2.75) is 36.6 Å². The molecular weight excluding hydrogens is 360 g/mol. The van der Waals surface area contributed by atoms with Gasteiger partial charge in [0.25, 0.3) is 5.91 Å². The first-order valence-corrected chi connectivity index (χ1v) is 10.4. The molecule has 26 heavy (non-hydrogen) atoms. The van der Waals surface area contributed by atoms with Crippen LogP contribution in [0.3, 0.4) is 0 Å². The number of carbonyl (C=O) groups excluding carboxylic acids is 1. The largest absolute Gasteiger partial charge is 0.347 e. The Hall–Kier alpha value is -2.11. The van der Waals surface area contributed by atoms with Crippen LogP contribution in [0.1, 0.15) is 34.1 Å². The maximum atomic E-state index is 12.6. The standard InChI is InChI=1S/C21H22N2OS2/c1-16(11-12-17-7-3-2-4-8-17)26-21-19(10-5-13-22-21)20(24)23-15-18-9-6-14-25-18/h2-10,13-14,16H,11-12,15H2,1H3,(H,23,24). The third kappa shape index (κ3) is 5.44. The van der Waals surface area contributed by atoms with Crippen molar-refractivity contribution in [1.82, 2.24) is 10.3 Å². The summed E-state index contributed by atoms with van der Waals surface area (Å²) in [7, 11) is 0. The molecule has 0 aliphatic rings. The van der Waals surface area contributed by atoms with Crippen LogP contribution in [0.5, 0.6) is 0 Å². The Bertz CT molecular complexity index is 819. The Balaban J connectivity index is 1.58. The molecule has 1 amide bonds. The molecule has 134 valence electrons. The number of carbonyl (C=O) groups is 1. The van der Waals surface area contributed by atoms with Crippen LogP contribution in [0.15, 0.2) is 71.2 Å². The van der Waals surface area contributed by atoms with E-state index in [9.17, 15) is 4.79 Å². The van der Waals surface area contributed by atoms with Gasteiger partial charge in [0, 0.05) is 16.3 Å². The monoisotopic (exact) mass is 382 g/mol. The van der Waals surface area contributed by atoms with Crippen molar-refractivity contribution in [3.8, 4) is 0 Å². The molecule has 0 spiro atoms. The summed E-state index contributed by atoms with van der Waals surface area (Å²) in [6, 6.07) is 18.2. The Morgan fingerprint density at radius 2 is 2.00 bits per heavy atom. The van der Waals surface area contributed by atoms with Crippen LogP contribution in [0, 0.1) is 0 Å². The summed E-state index contributed by atoms with van der Waals surface area (Å²) in [5.41, 5.74) is 2.00. The van der Waals surface area contributed by atoms with Crippen LogP contribution >= 0.6 is 23.1 Å². The highest BCUT2D eigenvalue weighted by atomic mass is 32.2. The molecule has 2 aromatic heterocycles. The molecule has 5 heteroatoms. The topological polar surface area (TPSA) is 42.0 Å². The van der Waals surface area contributed by atoms with E-state index in [0.29, 0.717) is 17.4 Å². The predicted molar refractivity (Wildman–Crippen MR) is 110 cm³/mol. The van der Waals surface area contributed by atoms with Crippen LogP contribution < -0.4 is 5.32 Å². The first kappa shape index (κ1) is 18.7. The van der Waals surface area contributed by atoms with Crippen molar-refractivity contribution < 1.29 is 4.79 Å². The van der Waals surface area contributed by atoms with Gasteiger partial charge in [-0.1, -0.05) is 43.3 Å². The third-order valence-electron chi connectivity index (χ3n) is 4.01. The summed E-state index contributed by atoms with van der Waals surface area (Å²) in [5, 5.41) is 6.19. The van der Waals surface area contributed by atoms with Gasteiger partial charge in [-0.05, 0) is 42.0 Å². The van der Waals surface area contributed by atoms with E-state index in [1.54, 1.807) is 29.3 Å². The quantitative estimate of drug-likeness (QED) is 0.545. The molecule has 2 heterocycles. The average Bonchev–Trinajstić information content (AvgIpc) is 3.19. The van der Waals surface area contributed by atoms with Gasteiger partial charge in [0.05, 0.1) is 12.1 Å². The highest BCUT2D eigenvalue weighted by Gasteiger charge is 2.15. The Morgan fingerprint density at radius 3 is 2.77 bits per heavy atom. The molecular formula is C21H22N2OS2. The molecule has 1 atom stereocenters. The van der Waals surface area contributed by atoms with Gasteiger partial charge in [-0.25, -0.2) is 4.98 Å². The molecule has 1 unspecified atom stereocenters. The second-order valence-electron chi connectivity index (χ2n) is 6.07. The molecule has 0 fully saturated rings. The summed E-state index contributed by atoms with van der Waals surface area (Å²) in [6.45, 7) is 2.74. The smallest absolute Gasteiger partial charge is 0.254 e. The molecule has 0 aliphatic carbocycles. The minimum atomic E-state index is -0.0655. The molecule has 3 nitrogen and oxygen atoms in total. The van der Waals surface area contributed by atoms with Gasteiger partial charge in [0.1, 0.15) is 5.03 Å². The number of rotatable bonds is 8. The molecule has 3 aromatic rings. The SMILES string of the molecule is CC(CCc1ccccc1)Sc1ncccc1C(=O)NCc1cccs1. The van der Waals surface area contributed by atoms with Gasteiger partial charge in [0.2, 0.25) is 0 Å². The summed E-state index contributed by atoms with van der Waals surface area (Å²) < 4.78 is 0. The maximum absolute atomic E-state index is 12.6. The van der Waals surface area contributed by atoms with E-state index < -0.39 is 0 Å². The number of pyridine rings is 1. The molecule has 0 saturated carbocycles. The summed E-state index contributed by atoms with van der Waals surface area (Å²) in [6.07, 6.45) is 3.82. The Labute approximate surface area is 162 Å². The molecule has 3 rings (SSSR count). The fraction of sp³-hybridized carbons (Fsp3) is 0.238. The summed E-state index contributed by atoms with van der Waals surface area (Å²) >= 11 is 3.32. The fourth-order valence-corrected chi connectivity index (χ4v) is 4.27. The number of thioether (sulfide) groups is 1. The lowest BCUT2D eigenvalue weighted by atomic mass is 10.1. The normalized spacial score (nSPS) is 11.9. The maximum Gasteiger partial charge on any atom is 0.254 e. The zero-order chi connectivity index (χ0) is 18.2.